The number of hydrogen-bond donors (Lipinski definition) is 1. The van der Waals surface area contributed by atoms with E-state index >= 15 is 0 Å². The summed E-state index contributed by atoms with van der Waals surface area (Å²) >= 11 is 2.13. The quantitative estimate of drug-likeness (QED) is 0.818. The molecule has 0 spiro atoms. The molecule has 0 aromatic heterocycles. The normalized spacial score (nSPS) is 31.6. The predicted molar refractivity (Wildman–Crippen MR) is 72.7 cm³/mol. The summed E-state index contributed by atoms with van der Waals surface area (Å²) in [5.41, 5.74) is 0. The van der Waals surface area contributed by atoms with Gasteiger partial charge in [-0.2, -0.15) is 11.8 Å². The Morgan fingerprint density at radius 1 is 1.12 bits per heavy atom. The maximum absolute atomic E-state index is 5.64. The molecule has 1 N–H and O–H groups in total. The molecule has 17 heavy (non-hydrogen) atoms. The lowest BCUT2D eigenvalue weighted by atomic mass is 10.1. The Balaban J connectivity index is 1.78. The number of rotatable bonds is 5. The molecule has 0 saturated carbocycles. The van der Waals surface area contributed by atoms with Gasteiger partial charge in [0.25, 0.3) is 0 Å². The van der Waals surface area contributed by atoms with Crippen molar-refractivity contribution >= 4 is 11.8 Å². The van der Waals surface area contributed by atoms with Crippen LogP contribution in [0.4, 0.5) is 0 Å². The second-order valence-corrected chi connectivity index (χ2v) is 6.45. The molecule has 2 rings (SSSR count). The SMILES string of the molecule is CCCNC1CCOCC1SC1CCOCC1. The predicted octanol–water partition coefficient (Wildman–Crippen LogP) is 2.06. The summed E-state index contributed by atoms with van der Waals surface area (Å²) in [5, 5.41) is 5.10. The molecule has 0 amide bonds. The van der Waals surface area contributed by atoms with Crippen LogP contribution in [0.25, 0.3) is 0 Å². The number of nitrogens with one attached hydrogen (secondary N) is 1. The summed E-state index contributed by atoms with van der Waals surface area (Å²) < 4.78 is 11.1. The Morgan fingerprint density at radius 2 is 1.88 bits per heavy atom. The van der Waals surface area contributed by atoms with Crippen LogP contribution in [0.15, 0.2) is 0 Å². The molecule has 0 aromatic rings. The first-order chi connectivity index (χ1) is 8.40. The van der Waals surface area contributed by atoms with E-state index in [1.807, 2.05) is 0 Å². The minimum atomic E-state index is 0.637. The van der Waals surface area contributed by atoms with Crippen LogP contribution in [0, 0.1) is 0 Å². The van der Waals surface area contributed by atoms with Crippen molar-refractivity contribution in [3.63, 3.8) is 0 Å². The molecular weight excluding hydrogens is 234 g/mol. The van der Waals surface area contributed by atoms with Crippen LogP contribution in [-0.4, -0.2) is 49.5 Å². The molecular formula is C13H25NO2S. The van der Waals surface area contributed by atoms with Gasteiger partial charge in [0.2, 0.25) is 0 Å². The lowest BCUT2D eigenvalue weighted by Crippen LogP contribution is -2.46. The largest absolute Gasteiger partial charge is 0.381 e. The molecule has 2 aliphatic heterocycles. The Bertz CT molecular complexity index is 210. The van der Waals surface area contributed by atoms with Crippen LogP contribution in [0.5, 0.6) is 0 Å². The van der Waals surface area contributed by atoms with Crippen molar-refractivity contribution in [1.82, 2.24) is 5.32 Å². The van der Waals surface area contributed by atoms with E-state index in [9.17, 15) is 0 Å². The highest BCUT2D eigenvalue weighted by Gasteiger charge is 2.29. The molecule has 2 aliphatic rings. The van der Waals surface area contributed by atoms with Gasteiger partial charge in [0.15, 0.2) is 0 Å². The average Bonchev–Trinajstić information content (AvgIpc) is 2.39. The summed E-state index contributed by atoms with van der Waals surface area (Å²) in [6.07, 6.45) is 4.80. The first kappa shape index (κ1) is 13.7. The molecule has 0 aliphatic carbocycles. The minimum Gasteiger partial charge on any atom is -0.381 e. The molecule has 0 bridgehead atoms. The zero-order valence-corrected chi connectivity index (χ0v) is 11.6. The maximum Gasteiger partial charge on any atom is 0.0600 e. The first-order valence-corrected chi connectivity index (χ1v) is 7.88. The summed E-state index contributed by atoms with van der Waals surface area (Å²) in [7, 11) is 0. The van der Waals surface area contributed by atoms with Gasteiger partial charge in [-0.3, -0.25) is 0 Å². The van der Waals surface area contributed by atoms with Gasteiger partial charge in [-0.15, -0.1) is 0 Å². The van der Waals surface area contributed by atoms with Crippen molar-refractivity contribution in [2.75, 3.05) is 33.0 Å². The van der Waals surface area contributed by atoms with Gasteiger partial charge in [0.05, 0.1) is 6.61 Å². The van der Waals surface area contributed by atoms with Gasteiger partial charge in [-0.05, 0) is 32.2 Å². The van der Waals surface area contributed by atoms with E-state index < -0.39 is 0 Å². The van der Waals surface area contributed by atoms with E-state index in [-0.39, 0.29) is 0 Å². The Labute approximate surface area is 109 Å². The molecule has 2 unspecified atom stereocenters. The molecule has 2 atom stereocenters. The van der Waals surface area contributed by atoms with E-state index in [0.717, 1.165) is 38.2 Å². The molecule has 2 saturated heterocycles. The third kappa shape index (κ3) is 4.43. The smallest absolute Gasteiger partial charge is 0.0600 e. The van der Waals surface area contributed by atoms with Crippen molar-refractivity contribution in [2.24, 2.45) is 0 Å². The van der Waals surface area contributed by atoms with Gasteiger partial charge >= 0.3 is 0 Å². The van der Waals surface area contributed by atoms with Crippen LogP contribution in [0.1, 0.15) is 32.6 Å². The van der Waals surface area contributed by atoms with Crippen molar-refractivity contribution in [3.05, 3.63) is 0 Å². The molecule has 0 aromatic carbocycles. The highest BCUT2D eigenvalue weighted by atomic mass is 32.2. The second kappa shape index (κ2) is 7.62. The van der Waals surface area contributed by atoms with Crippen molar-refractivity contribution < 1.29 is 9.47 Å². The van der Waals surface area contributed by atoms with Gasteiger partial charge in [0, 0.05) is 36.4 Å². The summed E-state index contributed by atoms with van der Waals surface area (Å²) in [6, 6.07) is 0.650. The first-order valence-electron chi connectivity index (χ1n) is 6.94. The van der Waals surface area contributed by atoms with Crippen LogP contribution in [0.3, 0.4) is 0 Å². The van der Waals surface area contributed by atoms with Crippen LogP contribution < -0.4 is 5.32 Å². The van der Waals surface area contributed by atoms with Gasteiger partial charge < -0.3 is 14.8 Å². The zero-order valence-electron chi connectivity index (χ0n) is 10.8. The molecule has 0 radical (unpaired) electrons. The minimum absolute atomic E-state index is 0.637. The standard InChI is InChI=1S/C13H25NO2S/c1-2-6-14-12-5-9-16-10-13(12)17-11-3-7-15-8-4-11/h11-14H,2-10H2,1H3. The molecule has 2 fully saturated rings. The van der Waals surface area contributed by atoms with Crippen molar-refractivity contribution in [1.29, 1.82) is 0 Å². The van der Waals surface area contributed by atoms with Crippen LogP contribution >= 0.6 is 11.8 Å². The second-order valence-electron chi connectivity index (χ2n) is 4.91. The third-order valence-corrected chi connectivity index (χ3v) is 5.17. The Hall–Kier alpha value is 0.230. The monoisotopic (exact) mass is 259 g/mol. The Kier molecular flexibility index (Phi) is 6.12. The molecule has 4 heteroatoms. The fourth-order valence-corrected chi connectivity index (χ4v) is 4.02. The highest BCUT2D eigenvalue weighted by Crippen LogP contribution is 2.30. The van der Waals surface area contributed by atoms with Crippen molar-refractivity contribution in [3.8, 4) is 0 Å². The van der Waals surface area contributed by atoms with E-state index in [4.69, 9.17) is 9.47 Å². The van der Waals surface area contributed by atoms with Crippen LogP contribution in [0.2, 0.25) is 0 Å². The molecule has 3 nitrogen and oxygen atoms in total. The topological polar surface area (TPSA) is 30.5 Å². The number of ether oxygens (including phenoxy) is 2. The summed E-state index contributed by atoms with van der Waals surface area (Å²) in [4.78, 5) is 0. The Morgan fingerprint density at radius 3 is 2.65 bits per heavy atom. The third-order valence-electron chi connectivity index (χ3n) is 3.50. The number of thioether (sulfide) groups is 1. The van der Waals surface area contributed by atoms with Crippen molar-refractivity contribution in [2.45, 2.75) is 49.1 Å². The molecule has 100 valence electrons. The molecule has 2 heterocycles. The summed E-state index contributed by atoms with van der Waals surface area (Å²) in [5.74, 6) is 0. The maximum atomic E-state index is 5.64. The fourth-order valence-electron chi connectivity index (χ4n) is 2.47. The average molecular weight is 259 g/mol. The zero-order chi connectivity index (χ0) is 11.9. The highest BCUT2D eigenvalue weighted by molar-refractivity contribution is 8.00. The number of hydrogen-bond acceptors (Lipinski definition) is 4. The van der Waals surface area contributed by atoms with Gasteiger partial charge in [-0.25, -0.2) is 0 Å². The lowest BCUT2D eigenvalue weighted by Gasteiger charge is -2.35. The lowest BCUT2D eigenvalue weighted by molar-refractivity contribution is 0.0813. The van der Waals surface area contributed by atoms with E-state index in [1.165, 1.54) is 25.7 Å². The van der Waals surface area contributed by atoms with Gasteiger partial charge in [0.1, 0.15) is 0 Å². The van der Waals surface area contributed by atoms with E-state index in [1.54, 1.807) is 0 Å². The van der Waals surface area contributed by atoms with E-state index in [2.05, 4.69) is 24.0 Å². The van der Waals surface area contributed by atoms with Gasteiger partial charge in [-0.1, -0.05) is 6.92 Å². The van der Waals surface area contributed by atoms with Crippen LogP contribution in [-0.2, 0) is 9.47 Å². The fraction of sp³-hybridized carbons (Fsp3) is 1.00. The summed E-state index contributed by atoms with van der Waals surface area (Å²) in [6.45, 7) is 7.09. The van der Waals surface area contributed by atoms with E-state index in [0.29, 0.717) is 11.3 Å².